The lowest BCUT2D eigenvalue weighted by Gasteiger charge is -2.10. The van der Waals surface area contributed by atoms with Gasteiger partial charge >= 0.3 is 0 Å². The van der Waals surface area contributed by atoms with Crippen molar-refractivity contribution in [2.45, 2.75) is 20.4 Å². The Balaban J connectivity index is 1.77. The molecule has 2 aromatic rings. The number of hydrogen-bond acceptors (Lipinski definition) is 3. The van der Waals surface area contributed by atoms with Crippen LogP contribution in [0, 0.1) is 13.8 Å². The van der Waals surface area contributed by atoms with E-state index in [0.717, 1.165) is 17.0 Å². The standard InChI is InChI=1S/C16H16ClNO2/c1-10-3-11(2)5-13(4-10)18-8-12-6-14(17)16-15(7-12)19-9-20-16/h3-7,18H,8-9H2,1-2H3. The van der Waals surface area contributed by atoms with Gasteiger partial charge in [0.15, 0.2) is 11.5 Å². The van der Waals surface area contributed by atoms with Crippen LogP contribution >= 0.6 is 11.6 Å². The quantitative estimate of drug-likeness (QED) is 0.914. The molecule has 0 radical (unpaired) electrons. The lowest BCUT2D eigenvalue weighted by molar-refractivity contribution is 0.174. The highest BCUT2D eigenvalue weighted by atomic mass is 35.5. The van der Waals surface area contributed by atoms with Gasteiger partial charge in [-0.05, 0) is 54.8 Å². The number of hydrogen-bond donors (Lipinski definition) is 1. The number of aryl methyl sites for hydroxylation is 2. The van der Waals surface area contributed by atoms with Crippen LogP contribution in [0.5, 0.6) is 11.5 Å². The minimum Gasteiger partial charge on any atom is -0.454 e. The number of ether oxygens (including phenoxy) is 2. The summed E-state index contributed by atoms with van der Waals surface area (Å²) >= 11 is 6.17. The molecule has 3 nitrogen and oxygen atoms in total. The van der Waals surface area contributed by atoms with Crippen LogP contribution in [0.1, 0.15) is 16.7 Å². The van der Waals surface area contributed by atoms with Crippen LogP contribution < -0.4 is 14.8 Å². The molecule has 20 heavy (non-hydrogen) atoms. The first-order valence-electron chi connectivity index (χ1n) is 6.52. The lowest BCUT2D eigenvalue weighted by atomic mass is 10.1. The first-order valence-corrected chi connectivity index (χ1v) is 6.90. The van der Waals surface area contributed by atoms with Gasteiger partial charge in [-0.25, -0.2) is 0 Å². The minimum absolute atomic E-state index is 0.239. The molecule has 104 valence electrons. The molecule has 0 saturated carbocycles. The maximum atomic E-state index is 6.17. The third kappa shape index (κ3) is 2.68. The molecule has 1 N–H and O–H groups in total. The summed E-state index contributed by atoms with van der Waals surface area (Å²) < 4.78 is 10.7. The SMILES string of the molecule is Cc1cc(C)cc(NCc2cc(Cl)c3c(c2)OCO3)c1. The molecule has 0 atom stereocenters. The van der Waals surface area contributed by atoms with Crippen LogP contribution in [0.4, 0.5) is 5.69 Å². The maximum Gasteiger partial charge on any atom is 0.231 e. The third-order valence-corrected chi connectivity index (χ3v) is 3.49. The monoisotopic (exact) mass is 289 g/mol. The van der Waals surface area contributed by atoms with Crippen molar-refractivity contribution in [1.82, 2.24) is 0 Å². The Labute approximate surface area is 123 Å². The molecule has 0 unspecified atom stereocenters. The van der Waals surface area contributed by atoms with Gasteiger partial charge in [0.1, 0.15) is 0 Å². The van der Waals surface area contributed by atoms with E-state index in [1.807, 2.05) is 12.1 Å². The highest BCUT2D eigenvalue weighted by molar-refractivity contribution is 6.32. The van der Waals surface area contributed by atoms with E-state index in [2.05, 4.69) is 37.4 Å². The first-order chi connectivity index (χ1) is 9.61. The van der Waals surface area contributed by atoms with E-state index in [0.29, 0.717) is 17.3 Å². The van der Waals surface area contributed by atoms with Crippen LogP contribution in [0.3, 0.4) is 0 Å². The van der Waals surface area contributed by atoms with Gasteiger partial charge in [-0.15, -0.1) is 0 Å². The molecule has 3 rings (SSSR count). The Morgan fingerprint density at radius 1 is 1.05 bits per heavy atom. The Bertz CT molecular complexity index is 635. The second kappa shape index (κ2) is 5.25. The van der Waals surface area contributed by atoms with Crippen molar-refractivity contribution in [3.63, 3.8) is 0 Å². The fraction of sp³-hybridized carbons (Fsp3) is 0.250. The van der Waals surface area contributed by atoms with Crippen molar-refractivity contribution in [1.29, 1.82) is 0 Å². The molecule has 0 saturated heterocycles. The lowest BCUT2D eigenvalue weighted by Crippen LogP contribution is -2.00. The highest BCUT2D eigenvalue weighted by Gasteiger charge is 2.18. The zero-order valence-corrected chi connectivity index (χ0v) is 12.3. The molecule has 4 heteroatoms. The summed E-state index contributed by atoms with van der Waals surface area (Å²) in [5.41, 5.74) is 4.67. The summed E-state index contributed by atoms with van der Waals surface area (Å²) in [5.74, 6) is 1.36. The van der Waals surface area contributed by atoms with Crippen LogP contribution in [0.25, 0.3) is 0 Å². The van der Waals surface area contributed by atoms with E-state index in [-0.39, 0.29) is 6.79 Å². The van der Waals surface area contributed by atoms with Gasteiger partial charge in [0.25, 0.3) is 0 Å². The molecular formula is C16H16ClNO2. The van der Waals surface area contributed by atoms with Crippen LogP contribution in [-0.2, 0) is 6.54 Å². The number of anilines is 1. The Kier molecular flexibility index (Phi) is 3.45. The van der Waals surface area contributed by atoms with E-state index < -0.39 is 0 Å². The molecule has 0 fully saturated rings. The van der Waals surface area contributed by atoms with Crippen molar-refractivity contribution in [3.05, 3.63) is 52.0 Å². The van der Waals surface area contributed by atoms with Gasteiger partial charge in [0.05, 0.1) is 5.02 Å². The topological polar surface area (TPSA) is 30.5 Å². The van der Waals surface area contributed by atoms with E-state index in [9.17, 15) is 0 Å². The average molecular weight is 290 g/mol. The number of fused-ring (bicyclic) bond motifs is 1. The second-order valence-electron chi connectivity index (χ2n) is 5.04. The van der Waals surface area contributed by atoms with Gasteiger partial charge in [0, 0.05) is 12.2 Å². The normalized spacial score (nSPS) is 12.6. The first kappa shape index (κ1) is 13.1. The molecular weight excluding hydrogens is 274 g/mol. The van der Waals surface area contributed by atoms with Crippen molar-refractivity contribution in [2.24, 2.45) is 0 Å². The predicted octanol–water partition coefficient (Wildman–Crippen LogP) is 4.30. The molecule has 0 bridgehead atoms. The van der Waals surface area contributed by atoms with Crippen LogP contribution in [0.15, 0.2) is 30.3 Å². The third-order valence-electron chi connectivity index (χ3n) is 3.21. The predicted molar refractivity (Wildman–Crippen MR) is 80.8 cm³/mol. The Morgan fingerprint density at radius 2 is 1.80 bits per heavy atom. The molecule has 0 aromatic heterocycles. The van der Waals surface area contributed by atoms with Crippen LogP contribution in [0.2, 0.25) is 5.02 Å². The number of benzene rings is 2. The summed E-state index contributed by atoms with van der Waals surface area (Å²) in [7, 11) is 0. The Hall–Kier alpha value is -1.87. The van der Waals surface area contributed by atoms with E-state index in [1.165, 1.54) is 11.1 Å². The van der Waals surface area contributed by atoms with E-state index in [1.54, 1.807) is 0 Å². The minimum atomic E-state index is 0.239. The molecule has 1 aliphatic rings. The van der Waals surface area contributed by atoms with Gasteiger partial charge < -0.3 is 14.8 Å². The van der Waals surface area contributed by atoms with E-state index >= 15 is 0 Å². The zero-order valence-electron chi connectivity index (χ0n) is 11.5. The van der Waals surface area contributed by atoms with Gasteiger partial charge in [-0.1, -0.05) is 17.7 Å². The molecule has 1 heterocycles. The molecule has 0 amide bonds. The highest BCUT2D eigenvalue weighted by Crippen LogP contribution is 2.39. The van der Waals surface area contributed by atoms with Gasteiger partial charge in [-0.2, -0.15) is 0 Å². The smallest absolute Gasteiger partial charge is 0.231 e. The maximum absolute atomic E-state index is 6.17. The summed E-state index contributed by atoms with van der Waals surface area (Å²) in [4.78, 5) is 0. The van der Waals surface area contributed by atoms with E-state index in [4.69, 9.17) is 21.1 Å². The van der Waals surface area contributed by atoms with Crippen molar-refractivity contribution in [3.8, 4) is 11.5 Å². The molecule has 2 aromatic carbocycles. The van der Waals surface area contributed by atoms with Crippen LogP contribution in [-0.4, -0.2) is 6.79 Å². The summed E-state index contributed by atoms with van der Waals surface area (Å²) in [5, 5.41) is 4.00. The van der Waals surface area contributed by atoms with Gasteiger partial charge in [0.2, 0.25) is 6.79 Å². The second-order valence-corrected chi connectivity index (χ2v) is 5.45. The molecule has 0 spiro atoms. The van der Waals surface area contributed by atoms with Crippen molar-refractivity contribution >= 4 is 17.3 Å². The number of nitrogens with one attached hydrogen (secondary N) is 1. The van der Waals surface area contributed by atoms with Crippen molar-refractivity contribution in [2.75, 3.05) is 12.1 Å². The van der Waals surface area contributed by atoms with Gasteiger partial charge in [-0.3, -0.25) is 0 Å². The summed E-state index contributed by atoms with van der Waals surface area (Å²) in [6, 6.07) is 10.3. The molecule has 0 aliphatic carbocycles. The Morgan fingerprint density at radius 3 is 2.55 bits per heavy atom. The summed E-state index contributed by atoms with van der Waals surface area (Å²) in [6.07, 6.45) is 0. The van der Waals surface area contributed by atoms with Crippen molar-refractivity contribution < 1.29 is 9.47 Å². The number of rotatable bonds is 3. The zero-order chi connectivity index (χ0) is 14.1. The summed E-state index contributed by atoms with van der Waals surface area (Å²) in [6.45, 7) is 5.12. The number of halogens is 1. The average Bonchev–Trinajstić information content (AvgIpc) is 2.84. The fourth-order valence-electron chi connectivity index (χ4n) is 2.40. The molecule has 1 aliphatic heterocycles. The fourth-order valence-corrected chi connectivity index (χ4v) is 2.69. The largest absolute Gasteiger partial charge is 0.454 e.